The Hall–Kier alpha value is -1.72. The van der Waals surface area contributed by atoms with Gasteiger partial charge in [0.2, 0.25) is 17.7 Å². The molecule has 0 aromatic rings. The number of likely N-dealkylation sites (tertiary alicyclic amines) is 1. The Bertz CT molecular complexity index is 443. The third kappa shape index (κ3) is 4.65. The van der Waals surface area contributed by atoms with Crippen molar-refractivity contribution in [2.45, 2.75) is 40.5 Å². The van der Waals surface area contributed by atoms with Crippen LogP contribution >= 0.6 is 0 Å². The molecule has 0 bridgehead atoms. The van der Waals surface area contributed by atoms with Crippen LogP contribution in [-0.4, -0.2) is 41.5 Å². The molecule has 1 N–H and O–H groups in total. The molecule has 1 unspecified atom stereocenters. The molecule has 1 saturated heterocycles. The number of hydrogen-bond acceptors (Lipinski definition) is 4. The van der Waals surface area contributed by atoms with E-state index in [1.165, 1.54) is 0 Å². The van der Waals surface area contributed by atoms with E-state index < -0.39 is 5.91 Å². The van der Waals surface area contributed by atoms with E-state index in [0.717, 1.165) is 4.90 Å². The number of amides is 3. The first kappa shape index (κ1) is 17.3. The Labute approximate surface area is 125 Å². The molecule has 21 heavy (non-hydrogen) atoms. The van der Waals surface area contributed by atoms with Crippen molar-refractivity contribution in [3.8, 4) is 0 Å². The molecule has 1 atom stereocenters. The Kier molecular flexibility index (Phi) is 6.05. The number of imide groups is 1. The highest BCUT2D eigenvalue weighted by Crippen LogP contribution is 2.25. The highest BCUT2D eigenvalue weighted by molar-refractivity contribution is 6.06. The number of nitrogens with zero attached hydrogens (tertiary/aromatic N) is 1. The van der Waals surface area contributed by atoms with Crippen molar-refractivity contribution in [1.29, 1.82) is 0 Å². The second kappa shape index (κ2) is 7.33. The number of ketones is 1. The molecule has 0 aromatic carbocycles. The van der Waals surface area contributed by atoms with E-state index >= 15 is 0 Å². The predicted octanol–water partition coefficient (Wildman–Crippen LogP) is 0.749. The molecular formula is C15H24N2O4. The highest BCUT2D eigenvalue weighted by Gasteiger charge is 2.40. The molecule has 0 aliphatic carbocycles. The quantitative estimate of drug-likeness (QED) is 0.703. The van der Waals surface area contributed by atoms with Crippen LogP contribution in [0.3, 0.4) is 0 Å². The topological polar surface area (TPSA) is 83.6 Å². The minimum absolute atomic E-state index is 0.0598. The summed E-state index contributed by atoms with van der Waals surface area (Å²) in [5.74, 6) is -1.21. The zero-order valence-electron chi connectivity index (χ0n) is 13.1. The maximum absolute atomic E-state index is 12.0. The van der Waals surface area contributed by atoms with E-state index in [4.69, 9.17) is 0 Å². The first-order valence-corrected chi connectivity index (χ1v) is 7.37. The minimum atomic E-state index is -0.405. The minimum Gasteiger partial charge on any atom is -0.354 e. The molecule has 1 fully saturated rings. The molecule has 6 nitrogen and oxygen atoms in total. The fraction of sp³-hybridized carbons (Fsp3) is 0.733. The Morgan fingerprint density at radius 3 is 2.33 bits per heavy atom. The monoisotopic (exact) mass is 296 g/mol. The number of rotatable bonds is 7. The number of carbonyl (C=O) groups excluding carboxylic acids is 4. The Morgan fingerprint density at radius 1 is 1.24 bits per heavy atom. The van der Waals surface area contributed by atoms with Gasteiger partial charge in [-0.2, -0.15) is 0 Å². The summed E-state index contributed by atoms with van der Waals surface area (Å²) in [5.41, 5.74) is 0. The average molecular weight is 296 g/mol. The van der Waals surface area contributed by atoms with Gasteiger partial charge in [0.1, 0.15) is 12.3 Å². The van der Waals surface area contributed by atoms with Gasteiger partial charge in [-0.25, -0.2) is 0 Å². The molecule has 0 aromatic heterocycles. The number of nitrogens with one attached hydrogen (secondary N) is 1. The first-order valence-electron chi connectivity index (χ1n) is 7.37. The van der Waals surface area contributed by atoms with Crippen LogP contribution in [0.2, 0.25) is 0 Å². The van der Waals surface area contributed by atoms with Gasteiger partial charge < -0.3 is 5.32 Å². The van der Waals surface area contributed by atoms with Crippen LogP contribution in [-0.2, 0) is 19.2 Å². The van der Waals surface area contributed by atoms with E-state index in [0.29, 0.717) is 0 Å². The summed E-state index contributed by atoms with van der Waals surface area (Å²) in [6.45, 7) is 7.36. The second-order valence-electron chi connectivity index (χ2n) is 6.09. The van der Waals surface area contributed by atoms with E-state index in [1.54, 1.807) is 13.8 Å². The lowest BCUT2D eigenvalue weighted by Crippen LogP contribution is -2.41. The fourth-order valence-electron chi connectivity index (χ4n) is 2.21. The lowest BCUT2D eigenvalue weighted by atomic mass is 9.94. The lowest BCUT2D eigenvalue weighted by Gasteiger charge is -2.16. The molecule has 1 rings (SSSR count). The molecule has 1 aliphatic heterocycles. The number of hydrogen-bond donors (Lipinski definition) is 1. The van der Waals surface area contributed by atoms with Crippen LogP contribution in [0.1, 0.15) is 40.5 Å². The maximum Gasteiger partial charge on any atom is 0.240 e. The van der Waals surface area contributed by atoms with E-state index in [2.05, 4.69) is 5.32 Å². The molecule has 3 amide bonds. The van der Waals surface area contributed by atoms with Gasteiger partial charge in [-0.1, -0.05) is 27.7 Å². The van der Waals surface area contributed by atoms with Crippen LogP contribution in [0.4, 0.5) is 0 Å². The van der Waals surface area contributed by atoms with Crippen LogP contribution in [0, 0.1) is 17.8 Å². The third-order valence-corrected chi connectivity index (χ3v) is 3.72. The van der Waals surface area contributed by atoms with Gasteiger partial charge in [-0.05, 0) is 5.92 Å². The first-order chi connectivity index (χ1) is 9.73. The average Bonchev–Trinajstić information content (AvgIpc) is 2.66. The number of carbonyl (C=O) groups is 4. The predicted molar refractivity (Wildman–Crippen MR) is 77.1 cm³/mol. The summed E-state index contributed by atoms with van der Waals surface area (Å²) >= 11 is 0. The second-order valence-corrected chi connectivity index (χ2v) is 6.09. The summed E-state index contributed by atoms with van der Waals surface area (Å²) in [5, 5.41) is 2.57. The van der Waals surface area contributed by atoms with Crippen molar-refractivity contribution in [3.05, 3.63) is 0 Å². The smallest absolute Gasteiger partial charge is 0.240 e. The van der Waals surface area contributed by atoms with Crippen molar-refractivity contribution in [2.24, 2.45) is 17.8 Å². The molecule has 0 saturated carbocycles. The van der Waals surface area contributed by atoms with Crippen LogP contribution < -0.4 is 5.32 Å². The van der Waals surface area contributed by atoms with Gasteiger partial charge in [0.25, 0.3) is 0 Å². The SMILES string of the molecule is CC(C)C(=O)CCNC(=O)CN1C(=O)CC(C(C)C)C1=O. The van der Waals surface area contributed by atoms with Gasteiger partial charge in [0.05, 0.1) is 0 Å². The van der Waals surface area contributed by atoms with Crippen molar-refractivity contribution in [1.82, 2.24) is 10.2 Å². The molecule has 1 aliphatic rings. The molecule has 0 radical (unpaired) electrons. The third-order valence-electron chi connectivity index (χ3n) is 3.72. The zero-order chi connectivity index (χ0) is 16.2. The summed E-state index contributed by atoms with van der Waals surface area (Å²) in [4.78, 5) is 48.0. The van der Waals surface area contributed by atoms with Gasteiger partial charge >= 0.3 is 0 Å². The van der Waals surface area contributed by atoms with Gasteiger partial charge in [0, 0.05) is 31.2 Å². The van der Waals surface area contributed by atoms with Crippen LogP contribution in [0.5, 0.6) is 0 Å². The largest absolute Gasteiger partial charge is 0.354 e. The fourth-order valence-corrected chi connectivity index (χ4v) is 2.21. The normalized spacial score (nSPS) is 18.8. The maximum atomic E-state index is 12.0. The lowest BCUT2D eigenvalue weighted by molar-refractivity contribution is -0.143. The number of Topliss-reactive ketones (excluding diaryl/α,β-unsaturated/α-hetero) is 1. The van der Waals surface area contributed by atoms with Crippen molar-refractivity contribution in [3.63, 3.8) is 0 Å². The molecule has 118 valence electrons. The Morgan fingerprint density at radius 2 is 1.86 bits per heavy atom. The summed E-state index contributed by atoms with van der Waals surface area (Å²) < 4.78 is 0. The zero-order valence-corrected chi connectivity index (χ0v) is 13.1. The molecule has 0 spiro atoms. The molecule has 6 heteroatoms. The highest BCUT2D eigenvalue weighted by atomic mass is 16.2. The summed E-state index contributed by atoms with van der Waals surface area (Å²) in [7, 11) is 0. The van der Waals surface area contributed by atoms with Crippen LogP contribution in [0.25, 0.3) is 0 Å². The Balaban J connectivity index is 2.43. The van der Waals surface area contributed by atoms with Crippen molar-refractivity contribution in [2.75, 3.05) is 13.1 Å². The molecular weight excluding hydrogens is 272 g/mol. The van der Waals surface area contributed by atoms with Crippen molar-refractivity contribution >= 4 is 23.5 Å². The van der Waals surface area contributed by atoms with Gasteiger partial charge in [-0.15, -0.1) is 0 Å². The summed E-state index contributed by atoms with van der Waals surface area (Å²) in [6, 6.07) is 0. The van der Waals surface area contributed by atoms with Crippen LogP contribution in [0.15, 0.2) is 0 Å². The van der Waals surface area contributed by atoms with Gasteiger partial charge in [-0.3, -0.25) is 24.1 Å². The standard InChI is InChI=1S/C15H24N2O4/c1-9(2)11-7-14(20)17(15(11)21)8-13(19)16-6-5-12(18)10(3)4/h9-11H,5-8H2,1-4H3,(H,16,19). The van der Waals surface area contributed by atoms with E-state index in [9.17, 15) is 19.2 Å². The van der Waals surface area contributed by atoms with Gasteiger partial charge in [0.15, 0.2) is 0 Å². The van der Waals surface area contributed by atoms with E-state index in [1.807, 2.05) is 13.8 Å². The summed E-state index contributed by atoms with van der Waals surface area (Å²) in [6.07, 6.45) is 0.440. The van der Waals surface area contributed by atoms with Crippen molar-refractivity contribution < 1.29 is 19.2 Å². The molecule has 1 heterocycles. The van der Waals surface area contributed by atoms with E-state index in [-0.39, 0.29) is 61.3 Å².